The third kappa shape index (κ3) is 3.03. The van der Waals surface area contributed by atoms with Crippen molar-refractivity contribution < 1.29 is 0 Å². The van der Waals surface area contributed by atoms with Gasteiger partial charge in [-0.3, -0.25) is 4.98 Å². The molecule has 0 bridgehead atoms. The van der Waals surface area contributed by atoms with Crippen molar-refractivity contribution in [2.45, 2.75) is 37.6 Å². The number of hydrogen-bond donors (Lipinski definition) is 2. The molecule has 0 aliphatic heterocycles. The molecule has 1 unspecified atom stereocenters. The van der Waals surface area contributed by atoms with Crippen LogP contribution in [0.5, 0.6) is 0 Å². The zero-order chi connectivity index (χ0) is 11.2. The lowest BCUT2D eigenvalue weighted by atomic mass is 10.00. The highest BCUT2D eigenvalue weighted by Gasteiger charge is 2.16. The van der Waals surface area contributed by atoms with Gasteiger partial charge in [0.05, 0.1) is 0 Å². The third-order valence-corrected chi connectivity index (χ3v) is 3.47. The van der Waals surface area contributed by atoms with Crippen LogP contribution in [0.1, 0.15) is 37.2 Å². The Morgan fingerprint density at radius 2 is 2.00 bits per heavy atom. The van der Waals surface area contributed by atoms with E-state index in [9.17, 15) is 0 Å². The molecule has 16 heavy (non-hydrogen) atoms. The summed E-state index contributed by atoms with van der Waals surface area (Å²) >= 11 is 0. The van der Waals surface area contributed by atoms with Gasteiger partial charge < -0.3 is 11.1 Å². The highest BCUT2D eigenvalue weighted by molar-refractivity contribution is 5.16. The van der Waals surface area contributed by atoms with Crippen LogP contribution in [0, 0.1) is 0 Å². The minimum atomic E-state index is 0.420. The average Bonchev–Trinajstić information content (AvgIpc) is 2.84. The van der Waals surface area contributed by atoms with Crippen molar-refractivity contribution >= 4 is 0 Å². The van der Waals surface area contributed by atoms with Crippen molar-refractivity contribution in [3.05, 3.63) is 30.1 Å². The van der Waals surface area contributed by atoms with Gasteiger partial charge in [0.15, 0.2) is 0 Å². The highest BCUT2D eigenvalue weighted by Crippen LogP contribution is 2.19. The summed E-state index contributed by atoms with van der Waals surface area (Å²) in [4.78, 5) is 4.04. The van der Waals surface area contributed by atoms with Crippen LogP contribution in [-0.2, 0) is 0 Å². The maximum Gasteiger partial charge on any atom is 0.0270 e. The maximum absolute atomic E-state index is 5.83. The predicted octanol–water partition coefficient (Wildman–Crippen LogP) is 1.66. The summed E-state index contributed by atoms with van der Waals surface area (Å²) in [5, 5.41) is 3.63. The van der Waals surface area contributed by atoms with Gasteiger partial charge in [-0.05, 0) is 30.5 Å². The molecular weight excluding hydrogens is 198 g/mol. The third-order valence-electron chi connectivity index (χ3n) is 3.47. The van der Waals surface area contributed by atoms with Crippen LogP contribution in [-0.4, -0.2) is 24.1 Å². The number of nitrogens with zero attached hydrogens (tertiary/aromatic N) is 1. The van der Waals surface area contributed by atoms with Crippen LogP contribution in [0.15, 0.2) is 24.5 Å². The van der Waals surface area contributed by atoms with E-state index in [1.165, 1.54) is 31.2 Å². The van der Waals surface area contributed by atoms with E-state index in [1.54, 1.807) is 0 Å². The first-order valence-corrected chi connectivity index (χ1v) is 6.23. The molecule has 1 aliphatic rings. The summed E-state index contributed by atoms with van der Waals surface area (Å²) < 4.78 is 0. The molecular formula is C13H21N3. The molecule has 0 amide bonds. The molecule has 2 rings (SSSR count). The summed E-state index contributed by atoms with van der Waals surface area (Å²) in [6.07, 6.45) is 9.09. The van der Waals surface area contributed by atoms with Crippen molar-refractivity contribution in [1.82, 2.24) is 10.3 Å². The zero-order valence-corrected chi connectivity index (χ0v) is 9.73. The summed E-state index contributed by atoms with van der Waals surface area (Å²) in [5.74, 6) is 0.420. The number of aromatic nitrogens is 1. The zero-order valence-electron chi connectivity index (χ0n) is 9.73. The van der Waals surface area contributed by atoms with Gasteiger partial charge in [-0.15, -0.1) is 0 Å². The molecule has 3 N–H and O–H groups in total. The predicted molar refractivity (Wildman–Crippen MR) is 66.3 cm³/mol. The van der Waals surface area contributed by atoms with Crippen LogP contribution in [0.3, 0.4) is 0 Å². The summed E-state index contributed by atoms with van der Waals surface area (Å²) in [6.45, 7) is 1.69. The monoisotopic (exact) mass is 219 g/mol. The summed E-state index contributed by atoms with van der Waals surface area (Å²) in [5.41, 5.74) is 7.12. The van der Waals surface area contributed by atoms with Crippen LogP contribution < -0.4 is 11.1 Å². The molecule has 1 aromatic heterocycles. The molecule has 1 aromatic rings. The Bertz CT molecular complexity index is 293. The molecule has 1 fully saturated rings. The first kappa shape index (κ1) is 11.6. The lowest BCUT2D eigenvalue weighted by molar-refractivity contribution is 0.490. The van der Waals surface area contributed by atoms with E-state index in [-0.39, 0.29) is 0 Å². The Kier molecular flexibility index (Phi) is 4.31. The number of rotatable bonds is 5. The molecule has 0 radical (unpaired) electrons. The van der Waals surface area contributed by atoms with E-state index in [4.69, 9.17) is 5.73 Å². The van der Waals surface area contributed by atoms with E-state index >= 15 is 0 Å². The van der Waals surface area contributed by atoms with Crippen molar-refractivity contribution in [2.75, 3.05) is 13.1 Å². The average molecular weight is 219 g/mol. The molecule has 0 aromatic carbocycles. The SMILES string of the molecule is NCC(CNC1CCCC1)c1ccncc1. The minimum Gasteiger partial charge on any atom is -0.330 e. The lowest BCUT2D eigenvalue weighted by Crippen LogP contribution is -2.33. The van der Waals surface area contributed by atoms with Crippen LogP contribution in [0.2, 0.25) is 0 Å². The molecule has 3 heteroatoms. The van der Waals surface area contributed by atoms with Gasteiger partial charge in [0.1, 0.15) is 0 Å². The Labute approximate surface area is 97.5 Å². The number of nitrogens with two attached hydrogens (primary N) is 1. The normalized spacial score (nSPS) is 18.8. The second kappa shape index (κ2) is 5.97. The fourth-order valence-corrected chi connectivity index (χ4v) is 2.41. The van der Waals surface area contributed by atoms with Gasteiger partial charge in [-0.1, -0.05) is 12.8 Å². The van der Waals surface area contributed by atoms with E-state index in [0.29, 0.717) is 12.5 Å². The molecule has 1 heterocycles. The maximum atomic E-state index is 5.83. The highest BCUT2D eigenvalue weighted by atomic mass is 14.9. The molecule has 1 atom stereocenters. The Morgan fingerprint density at radius 1 is 1.31 bits per heavy atom. The van der Waals surface area contributed by atoms with Crippen molar-refractivity contribution in [2.24, 2.45) is 5.73 Å². The van der Waals surface area contributed by atoms with Gasteiger partial charge in [0.2, 0.25) is 0 Å². The second-order valence-corrected chi connectivity index (χ2v) is 4.60. The standard InChI is InChI=1S/C13H21N3/c14-9-12(11-5-7-15-8-6-11)10-16-13-3-1-2-4-13/h5-8,12-13,16H,1-4,9-10,14H2. The number of hydrogen-bond acceptors (Lipinski definition) is 3. The first-order valence-electron chi connectivity index (χ1n) is 6.23. The minimum absolute atomic E-state index is 0.420. The second-order valence-electron chi connectivity index (χ2n) is 4.60. The van der Waals surface area contributed by atoms with Gasteiger partial charge >= 0.3 is 0 Å². The van der Waals surface area contributed by atoms with Gasteiger partial charge in [-0.2, -0.15) is 0 Å². The Hall–Kier alpha value is -0.930. The molecule has 1 aliphatic carbocycles. The van der Waals surface area contributed by atoms with Crippen LogP contribution >= 0.6 is 0 Å². The van der Waals surface area contributed by atoms with E-state index in [2.05, 4.69) is 22.4 Å². The van der Waals surface area contributed by atoms with Crippen LogP contribution in [0.4, 0.5) is 0 Å². The number of nitrogens with one attached hydrogen (secondary N) is 1. The van der Waals surface area contributed by atoms with E-state index < -0.39 is 0 Å². The van der Waals surface area contributed by atoms with Crippen molar-refractivity contribution in [1.29, 1.82) is 0 Å². The molecule has 0 saturated heterocycles. The van der Waals surface area contributed by atoms with Gasteiger partial charge in [0, 0.05) is 37.4 Å². The molecule has 88 valence electrons. The number of pyridine rings is 1. The van der Waals surface area contributed by atoms with E-state index in [0.717, 1.165) is 12.6 Å². The molecule has 0 spiro atoms. The smallest absolute Gasteiger partial charge is 0.0270 e. The Balaban J connectivity index is 1.85. The molecule has 1 saturated carbocycles. The van der Waals surface area contributed by atoms with Crippen molar-refractivity contribution in [3.8, 4) is 0 Å². The largest absolute Gasteiger partial charge is 0.330 e. The quantitative estimate of drug-likeness (QED) is 0.792. The summed E-state index contributed by atoms with van der Waals surface area (Å²) in [7, 11) is 0. The summed E-state index contributed by atoms with van der Waals surface area (Å²) in [6, 6.07) is 4.85. The van der Waals surface area contributed by atoms with Crippen molar-refractivity contribution in [3.63, 3.8) is 0 Å². The van der Waals surface area contributed by atoms with Gasteiger partial charge in [0.25, 0.3) is 0 Å². The lowest BCUT2D eigenvalue weighted by Gasteiger charge is -2.19. The van der Waals surface area contributed by atoms with Gasteiger partial charge in [-0.25, -0.2) is 0 Å². The first-order chi connectivity index (χ1) is 7.90. The van der Waals surface area contributed by atoms with E-state index in [1.807, 2.05) is 12.4 Å². The molecule has 3 nitrogen and oxygen atoms in total. The fraction of sp³-hybridized carbons (Fsp3) is 0.615. The Morgan fingerprint density at radius 3 is 2.62 bits per heavy atom. The van der Waals surface area contributed by atoms with Crippen LogP contribution in [0.25, 0.3) is 0 Å². The topological polar surface area (TPSA) is 50.9 Å². The fourth-order valence-electron chi connectivity index (χ4n) is 2.41.